The molecule has 31 heavy (non-hydrogen) atoms. The van der Waals surface area contributed by atoms with Gasteiger partial charge in [0.05, 0.1) is 12.4 Å². The molecule has 166 valence electrons. The summed E-state index contributed by atoms with van der Waals surface area (Å²) in [7, 11) is 0. The van der Waals surface area contributed by atoms with Crippen molar-refractivity contribution in [1.29, 1.82) is 0 Å². The summed E-state index contributed by atoms with van der Waals surface area (Å²) < 4.78 is 7.41. The van der Waals surface area contributed by atoms with Crippen LogP contribution in [0.15, 0.2) is 6.33 Å². The Morgan fingerprint density at radius 2 is 2.26 bits per heavy atom. The lowest BCUT2D eigenvalue weighted by Crippen LogP contribution is -2.40. The maximum absolute atomic E-state index is 12.1. The second-order valence-corrected chi connectivity index (χ2v) is 8.29. The van der Waals surface area contributed by atoms with Crippen LogP contribution in [0, 0.1) is 17.8 Å². The molecule has 0 bridgehead atoms. The number of fused-ring (bicyclic) bond motifs is 1. The van der Waals surface area contributed by atoms with Crippen LogP contribution in [0.4, 0.5) is 5.82 Å². The van der Waals surface area contributed by atoms with E-state index in [-0.39, 0.29) is 29.9 Å². The van der Waals surface area contributed by atoms with Crippen molar-refractivity contribution in [2.75, 3.05) is 12.3 Å². The van der Waals surface area contributed by atoms with Crippen molar-refractivity contribution < 1.29 is 19.7 Å². The number of ether oxygens (including phenoxy) is 1. The van der Waals surface area contributed by atoms with E-state index < -0.39 is 24.0 Å². The van der Waals surface area contributed by atoms with Crippen molar-refractivity contribution in [3.8, 4) is 11.8 Å². The van der Waals surface area contributed by atoms with E-state index in [2.05, 4.69) is 32.1 Å². The Hall–Kier alpha value is -2.74. The number of imidazole rings is 1. The molecule has 1 aliphatic carbocycles. The van der Waals surface area contributed by atoms with E-state index in [9.17, 15) is 15.0 Å². The van der Waals surface area contributed by atoms with Gasteiger partial charge in [-0.05, 0) is 38.0 Å². The molecule has 1 aliphatic heterocycles. The average molecular weight is 428 g/mol. The number of nitrogens with zero attached hydrogens (tertiary/aromatic N) is 4. The minimum absolute atomic E-state index is 0.0694. The summed E-state index contributed by atoms with van der Waals surface area (Å²) in [6.45, 7) is 4.24. The minimum Gasteiger partial charge on any atom is -0.390 e. The monoisotopic (exact) mass is 428 g/mol. The number of nitrogen functional groups attached to an aromatic ring is 1. The number of hydrogen-bond donors (Lipinski definition) is 4. The summed E-state index contributed by atoms with van der Waals surface area (Å²) in [5.41, 5.74) is 5.79. The van der Waals surface area contributed by atoms with Crippen molar-refractivity contribution in [1.82, 2.24) is 24.8 Å². The van der Waals surface area contributed by atoms with Crippen LogP contribution in [0.5, 0.6) is 0 Å². The van der Waals surface area contributed by atoms with Gasteiger partial charge in [-0.3, -0.25) is 9.36 Å². The van der Waals surface area contributed by atoms with Crippen LogP contribution in [0.1, 0.15) is 58.0 Å². The molecular formula is C21H28N6O4. The van der Waals surface area contributed by atoms with E-state index >= 15 is 0 Å². The molecular weight excluding hydrogens is 400 g/mol. The first-order valence-corrected chi connectivity index (χ1v) is 10.7. The van der Waals surface area contributed by atoms with Gasteiger partial charge in [0.25, 0.3) is 5.91 Å². The van der Waals surface area contributed by atoms with Gasteiger partial charge in [-0.2, -0.15) is 0 Å². The minimum atomic E-state index is -1.07. The van der Waals surface area contributed by atoms with Gasteiger partial charge >= 0.3 is 0 Å². The quantitative estimate of drug-likeness (QED) is 0.516. The molecule has 1 saturated heterocycles. The zero-order valence-corrected chi connectivity index (χ0v) is 17.7. The molecule has 3 unspecified atom stereocenters. The van der Waals surface area contributed by atoms with Gasteiger partial charge in [-0.25, -0.2) is 15.0 Å². The number of rotatable bonds is 3. The SMILES string of the molecule is CCNC(=O)[C@H]1O[C@@H](n2cnc3c(N)nc(C#CC4(O)CCCCC4C)nc32)CC1O. The predicted molar refractivity (Wildman–Crippen MR) is 112 cm³/mol. The zero-order valence-electron chi connectivity index (χ0n) is 17.7. The number of aliphatic hydroxyl groups is 2. The summed E-state index contributed by atoms with van der Waals surface area (Å²) in [6.07, 6.45) is 2.71. The molecule has 2 fully saturated rings. The lowest BCUT2D eigenvalue weighted by molar-refractivity contribution is -0.137. The highest BCUT2D eigenvalue weighted by Crippen LogP contribution is 2.33. The molecule has 0 spiro atoms. The standard InChI is InChI=1S/C21H28N6O4/c1-3-23-20(29)17-13(28)10-15(31-17)27-11-24-16-18(22)25-14(26-19(16)27)7-9-21(30)8-5-4-6-12(21)2/h11-13,15,17,28,30H,3-6,8,10H2,1-2H3,(H,23,29)(H2,22,25,26)/t12?,13?,15-,17+,21?/m1/s1. The van der Waals surface area contributed by atoms with Crippen molar-refractivity contribution in [2.24, 2.45) is 5.92 Å². The number of carbonyl (C=O) groups is 1. The molecule has 2 aromatic heterocycles. The molecule has 3 heterocycles. The van der Waals surface area contributed by atoms with Crippen LogP contribution >= 0.6 is 0 Å². The maximum Gasteiger partial charge on any atom is 0.251 e. The summed E-state index contributed by atoms with van der Waals surface area (Å²) >= 11 is 0. The van der Waals surface area contributed by atoms with Crippen molar-refractivity contribution in [3.63, 3.8) is 0 Å². The average Bonchev–Trinajstić information content (AvgIpc) is 3.33. The molecule has 5 N–H and O–H groups in total. The molecule has 0 radical (unpaired) electrons. The van der Waals surface area contributed by atoms with Gasteiger partial charge in [-0.1, -0.05) is 19.3 Å². The van der Waals surface area contributed by atoms with Gasteiger partial charge < -0.3 is 26.0 Å². The second-order valence-electron chi connectivity index (χ2n) is 8.29. The number of anilines is 1. The third kappa shape index (κ3) is 4.08. The number of hydrogen-bond acceptors (Lipinski definition) is 8. The van der Waals surface area contributed by atoms with Crippen LogP contribution in [-0.4, -0.2) is 60.0 Å². The summed E-state index contributed by atoms with van der Waals surface area (Å²) in [4.78, 5) is 25.1. The van der Waals surface area contributed by atoms with E-state index in [1.807, 2.05) is 6.92 Å². The fourth-order valence-corrected chi connectivity index (χ4v) is 4.22. The van der Waals surface area contributed by atoms with Gasteiger partial charge in [0.1, 0.15) is 17.3 Å². The number of nitrogens with one attached hydrogen (secondary N) is 1. The van der Waals surface area contributed by atoms with E-state index in [0.717, 1.165) is 19.3 Å². The van der Waals surface area contributed by atoms with Crippen molar-refractivity contribution in [3.05, 3.63) is 12.2 Å². The Kier molecular flexibility index (Phi) is 5.83. The molecule has 4 rings (SSSR count). The van der Waals surface area contributed by atoms with Crippen LogP contribution in [0.2, 0.25) is 0 Å². The molecule has 1 saturated carbocycles. The summed E-state index contributed by atoms with van der Waals surface area (Å²) in [6, 6.07) is 0. The topological polar surface area (TPSA) is 148 Å². The van der Waals surface area contributed by atoms with E-state index in [1.54, 1.807) is 11.5 Å². The Morgan fingerprint density at radius 3 is 3.00 bits per heavy atom. The number of aromatic nitrogens is 4. The number of likely N-dealkylation sites (N-methyl/N-ethyl adjacent to an activating group) is 1. The molecule has 10 heteroatoms. The fraction of sp³-hybridized carbons (Fsp3) is 0.619. The first kappa shape index (κ1) is 21.5. The van der Waals surface area contributed by atoms with E-state index in [0.29, 0.717) is 24.1 Å². The van der Waals surface area contributed by atoms with Gasteiger partial charge in [-0.15, -0.1) is 0 Å². The lowest BCUT2D eigenvalue weighted by atomic mass is 9.77. The van der Waals surface area contributed by atoms with E-state index in [1.165, 1.54) is 6.33 Å². The number of nitrogens with two attached hydrogens (primary N) is 1. The van der Waals surface area contributed by atoms with Crippen LogP contribution in [0.25, 0.3) is 11.2 Å². The van der Waals surface area contributed by atoms with Gasteiger partial charge in [0.2, 0.25) is 5.82 Å². The third-order valence-corrected chi connectivity index (χ3v) is 6.12. The molecule has 0 aromatic carbocycles. The highest BCUT2D eigenvalue weighted by atomic mass is 16.5. The molecule has 5 atom stereocenters. The van der Waals surface area contributed by atoms with Gasteiger partial charge in [0.15, 0.2) is 17.6 Å². The Morgan fingerprint density at radius 1 is 1.45 bits per heavy atom. The molecule has 1 amide bonds. The lowest BCUT2D eigenvalue weighted by Gasteiger charge is -2.33. The molecule has 10 nitrogen and oxygen atoms in total. The predicted octanol–water partition coefficient (Wildman–Crippen LogP) is 0.486. The first-order chi connectivity index (χ1) is 14.8. The second kappa shape index (κ2) is 8.42. The molecule has 2 aromatic rings. The normalized spacial score (nSPS) is 30.7. The fourth-order valence-electron chi connectivity index (χ4n) is 4.22. The number of aliphatic hydroxyl groups excluding tert-OH is 1. The molecule has 2 aliphatic rings. The Balaban J connectivity index is 1.64. The van der Waals surface area contributed by atoms with Crippen molar-refractivity contribution in [2.45, 2.75) is 70.0 Å². The Labute approximate surface area is 180 Å². The van der Waals surface area contributed by atoms with Crippen LogP contribution in [0.3, 0.4) is 0 Å². The Bertz CT molecular complexity index is 1040. The number of amides is 1. The number of carbonyl (C=O) groups excluding carboxylic acids is 1. The van der Waals surface area contributed by atoms with Gasteiger partial charge in [0, 0.05) is 13.0 Å². The summed E-state index contributed by atoms with van der Waals surface area (Å²) in [5.74, 6) is 5.88. The summed E-state index contributed by atoms with van der Waals surface area (Å²) in [5, 5.41) is 23.8. The van der Waals surface area contributed by atoms with Crippen LogP contribution in [-0.2, 0) is 9.53 Å². The largest absolute Gasteiger partial charge is 0.390 e. The third-order valence-electron chi connectivity index (χ3n) is 6.12. The first-order valence-electron chi connectivity index (χ1n) is 10.7. The highest BCUT2D eigenvalue weighted by molar-refractivity contribution is 5.83. The zero-order chi connectivity index (χ0) is 22.2. The van der Waals surface area contributed by atoms with E-state index in [4.69, 9.17) is 10.5 Å². The van der Waals surface area contributed by atoms with Crippen molar-refractivity contribution >= 4 is 22.9 Å². The smallest absolute Gasteiger partial charge is 0.251 e. The maximum atomic E-state index is 12.1. The highest BCUT2D eigenvalue weighted by Gasteiger charge is 2.40. The van der Waals surface area contributed by atoms with Crippen LogP contribution < -0.4 is 11.1 Å².